The van der Waals surface area contributed by atoms with E-state index in [9.17, 15) is 0 Å². The van der Waals surface area contributed by atoms with E-state index in [2.05, 4.69) is 12.2 Å². The maximum absolute atomic E-state index is 8.63. The molecule has 0 saturated carbocycles. The van der Waals surface area contributed by atoms with E-state index in [1.54, 1.807) is 0 Å². The van der Waals surface area contributed by atoms with Crippen LogP contribution in [0.15, 0.2) is 0 Å². The fourth-order valence-corrected chi connectivity index (χ4v) is 1.31. The van der Waals surface area contributed by atoms with Gasteiger partial charge in [0.05, 0.1) is 12.1 Å². The first-order chi connectivity index (χ1) is 7.18. The standard InChI is InChI=1S/C11H26N2O2/c1-3-15-10-11(2,9-12)13-7-5-4-6-8-14/h13-14H,3-10,12H2,1-2H3. The van der Waals surface area contributed by atoms with Gasteiger partial charge >= 0.3 is 0 Å². The molecule has 1 atom stereocenters. The quantitative estimate of drug-likeness (QED) is 0.467. The minimum atomic E-state index is -0.116. The van der Waals surface area contributed by atoms with Gasteiger partial charge in [0, 0.05) is 19.8 Å². The molecule has 0 rings (SSSR count). The second-order valence-corrected chi connectivity index (χ2v) is 4.11. The van der Waals surface area contributed by atoms with Crippen LogP contribution in [0.25, 0.3) is 0 Å². The Hall–Kier alpha value is -0.160. The molecule has 0 aromatic heterocycles. The molecule has 1 unspecified atom stereocenters. The Morgan fingerprint density at radius 3 is 2.60 bits per heavy atom. The monoisotopic (exact) mass is 218 g/mol. The van der Waals surface area contributed by atoms with Gasteiger partial charge in [0.15, 0.2) is 0 Å². The molecule has 15 heavy (non-hydrogen) atoms. The number of rotatable bonds is 10. The van der Waals surface area contributed by atoms with Crippen LogP contribution < -0.4 is 11.1 Å². The van der Waals surface area contributed by atoms with E-state index in [0.29, 0.717) is 13.2 Å². The molecule has 0 aliphatic heterocycles. The zero-order chi connectivity index (χ0) is 11.6. The molecule has 4 N–H and O–H groups in total. The van der Waals surface area contributed by atoms with Gasteiger partial charge in [-0.3, -0.25) is 0 Å². The summed E-state index contributed by atoms with van der Waals surface area (Å²) in [5.41, 5.74) is 5.59. The first-order valence-electron chi connectivity index (χ1n) is 5.82. The molecule has 0 amide bonds. The van der Waals surface area contributed by atoms with E-state index in [1.807, 2.05) is 6.92 Å². The molecule has 0 radical (unpaired) electrons. The summed E-state index contributed by atoms with van der Waals surface area (Å²) in [6, 6.07) is 0. The lowest BCUT2D eigenvalue weighted by Gasteiger charge is -2.29. The minimum Gasteiger partial charge on any atom is -0.396 e. The molecule has 0 fully saturated rings. The number of aliphatic hydroxyl groups excluding tert-OH is 1. The zero-order valence-electron chi connectivity index (χ0n) is 10.1. The third-order valence-corrected chi connectivity index (χ3v) is 2.46. The van der Waals surface area contributed by atoms with Crippen LogP contribution in [0.2, 0.25) is 0 Å². The van der Waals surface area contributed by atoms with Crippen molar-refractivity contribution in [2.75, 3.05) is 32.9 Å². The van der Waals surface area contributed by atoms with Crippen LogP contribution in [-0.4, -0.2) is 43.6 Å². The largest absolute Gasteiger partial charge is 0.396 e. The number of ether oxygens (including phenoxy) is 1. The van der Waals surface area contributed by atoms with Crippen LogP contribution in [0.5, 0.6) is 0 Å². The number of hydrogen-bond acceptors (Lipinski definition) is 4. The summed E-state index contributed by atoms with van der Waals surface area (Å²) in [5, 5.41) is 12.0. The number of nitrogens with two attached hydrogens (primary N) is 1. The predicted octanol–water partition coefficient (Wildman–Crippen LogP) is 0.493. The Morgan fingerprint density at radius 1 is 1.33 bits per heavy atom. The molecular formula is C11H26N2O2. The van der Waals surface area contributed by atoms with Crippen molar-refractivity contribution in [3.05, 3.63) is 0 Å². The van der Waals surface area contributed by atoms with Crippen LogP contribution in [-0.2, 0) is 4.74 Å². The highest BCUT2D eigenvalue weighted by Crippen LogP contribution is 2.03. The van der Waals surface area contributed by atoms with Crippen molar-refractivity contribution < 1.29 is 9.84 Å². The Kier molecular flexibility index (Phi) is 9.00. The second kappa shape index (κ2) is 9.09. The van der Waals surface area contributed by atoms with Crippen LogP contribution in [0, 0.1) is 0 Å². The minimum absolute atomic E-state index is 0.116. The third-order valence-electron chi connectivity index (χ3n) is 2.46. The van der Waals surface area contributed by atoms with Crippen LogP contribution in [0.3, 0.4) is 0 Å². The summed E-state index contributed by atoms with van der Waals surface area (Å²) >= 11 is 0. The highest BCUT2D eigenvalue weighted by molar-refractivity contribution is 4.83. The Morgan fingerprint density at radius 2 is 2.07 bits per heavy atom. The van der Waals surface area contributed by atoms with E-state index in [0.717, 1.165) is 32.4 Å². The first-order valence-corrected chi connectivity index (χ1v) is 5.82. The van der Waals surface area contributed by atoms with Gasteiger partial charge in [0.1, 0.15) is 0 Å². The molecule has 0 aromatic carbocycles. The fourth-order valence-electron chi connectivity index (χ4n) is 1.31. The van der Waals surface area contributed by atoms with E-state index < -0.39 is 0 Å². The molecule has 4 heteroatoms. The number of aliphatic hydroxyl groups is 1. The normalized spacial score (nSPS) is 15.2. The van der Waals surface area contributed by atoms with Crippen LogP contribution >= 0.6 is 0 Å². The lowest BCUT2D eigenvalue weighted by atomic mass is 10.0. The highest BCUT2D eigenvalue weighted by Gasteiger charge is 2.21. The number of nitrogens with one attached hydrogen (secondary N) is 1. The third kappa shape index (κ3) is 7.73. The second-order valence-electron chi connectivity index (χ2n) is 4.11. The summed E-state index contributed by atoms with van der Waals surface area (Å²) in [5.74, 6) is 0. The maximum Gasteiger partial charge on any atom is 0.0657 e. The summed E-state index contributed by atoms with van der Waals surface area (Å²) in [6.45, 7) is 7.23. The Labute approximate surface area is 93.2 Å². The SMILES string of the molecule is CCOCC(C)(CN)NCCCCCO. The molecule has 0 aliphatic carbocycles. The summed E-state index contributed by atoms with van der Waals surface area (Å²) in [7, 11) is 0. The lowest BCUT2D eigenvalue weighted by Crippen LogP contribution is -2.52. The van der Waals surface area contributed by atoms with Gasteiger partial charge in [-0.05, 0) is 39.7 Å². The topological polar surface area (TPSA) is 67.5 Å². The lowest BCUT2D eigenvalue weighted by molar-refractivity contribution is 0.0874. The van der Waals surface area contributed by atoms with Gasteiger partial charge in [0.2, 0.25) is 0 Å². The van der Waals surface area contributed by atoms with E-state index in [4.69, 9.17) is 15.6 Å². The van der Waals surface area contributed by atoms with Crippen molar-refractivity contribution >= 4 is 0 Å². The van der Waals surface area contributed by atoms with Gasteiger partial charge < -0.3 is 20.9 Å². The highest BCUT2D eigenvalue weighted by atomic mass is 16.5. The van der Waals surface area contributed by atoms with Crippen molar-refractivity contribution in [2.45, 2.75) is 38.6 Å². The molecule has 4 nitrogen and oxygen atoms in total. The van der Waals surface area contributed by atoms with Gasteiger partial charge in [0.25, 0.3) is 0 Å². The predicted molar refractivity (Wildman–Crippen MR) is 62.9 cm³/mol. The average molecular weight is 218 g/mol. The molecule has 0 aliphatic rings. The number of unbranched alkanes of at least 4 members (excludes halogenated alkanes) is 2. The molecule has 0 bridgehead atoms. The summed E-state index contributed by atoms with van der Waals surface area (Å²) < 4.78 is 5.39. The van der Waals surface area contributed by atoms with Crippen molar-refractivity contribution in [1.82, 2.24) is 5.32 Å². The molecular weight excluding hydrogens is 192 g/mol. The van der Waals surface area contributed by atoms with Crippen molar-refractivity contribution in [3.63, 3.8) is 0 Å². The maximum atomic E-state index is 8.63. The molecule has 0 aromatic rings. The number of hydrogen-bond donors (Lipinski definition) is 3. The van der Waals surface area contributed by atoms with Gasteiger partial charge in [-0.15, -0.1) is 0 Å². The summed E-state index contributed by atoms with van der Waals surface area (Å²) in [4.78, 5) is 0. The smallest absolute Gasteiger partial charge is 0.0657 e. The van der Waals surface area contributed by atoms with E-state index >= 15 is 0 Å². The summed E-state index contributed by atoms with van der Waals surface area (Å²) in [6.07, 6.45) is 3.01. The Bertz CT molecular complexity index is 145. The molecule has 0 saturated heterocycles. The van der Waals surface area contributed by atoms with Gasteiger partial charge in [-0.25, -0.2) is 0 Å². The molecule has 92 valence electrons. The van der Waals surface area contributed by atoms with Crippen molar-refractivity contribution in [2.24, 2.45) is 5.73 Å². The van der Waals surface area contributed by atoms with Crippen molar-refractivity contribution in [3.8, 4) is 0 Å². The fraction of sp³-hybridized carbons (Fsp3) is 1.00. The van der Waals surface area contributed by atoms with Gasteiger partial charge in [-0.1, -0.05) is 0 Å². The zero-order valence-corrected chi connectivity index (χ0v) is 10.1. The van der Waals surface area contributed by atoms with Crippen LogP contribution in [0.1, 0.15) is 33.1 Å². The van der Waals surface area contributed by atoms with E-state index in [-0.39, 0.29) is 12.1 Å². The molecule has 0 spiro atoms. The molecule has 0 heterocycles. The van der Waals surface area contributed by atoms with E-state index in [1.165, 1.54) is 0 Å². The first kappa shape index (κ1) is 14.8. The van der Waals surface area contributed by atoms with Gasteiger partial charge in [-0.2, -0.15) is 0 Å². The average Bonchev–Trinajstić information content (AvgIpc) is 2.26. The Balaban J connectivity index is 3.58. The van der Waals surface area contributed by atoms with Crippen LogP contribution in [0.4, 0.5) is 0 Å². The van der Waals surface area contributed by atoms with Crippen molar-refractivity contribution in [1.29, 1.82) is 0 Å².